The summed E-state index contributed by atoms with van der Waals surface area (Å²) in [6.45, 7) is 0.868. The average Bonchev–Trinajstić information content (AvgIpc) is 3.26. The van der Waals surface area contributed by atoms with Crippen LogP contribution in [0.1, 0.15) is 16.8 Å². The predicted octanol–water partition coefficient (Wildman–Crippen LogP) is 2.49. The van der Waals surface area contributed by atoms with Crippen LogP contribution in [0.15, 0.2) is 30.5 Å². The number of anilines is 1. The van der Waals surface area contributed by atoms with Gasteiger partial charge in [0.15, 0.2) is 11.5 Å². The summed E-state index contributed by atoms with van der Waals surface area (Å²) in [5.74, 6) is 1.41. The number of urea groups is 1. The fourth-order valence-corrected chi connectivity index (χ4v) is 3.41. The number of nitrogens with zero attached hydrogens (tertiary/aromatic N) is 3. The minimum absolute atomic E-state index is 0.192. The highest BCUT2D eigenvalue weighted by atomic mass is 16.5. The van der Waals surface area contributed by atoms with Crippen LogP contribution < -0.4 is 24.3 Å². The van der Waals surface area contributed by atoms with E-state index in [0.717, 1.165) is 0 Å². The molecule has 1 fully saturated rings. The topological polar surface area (TPSA) is 102 Å². The molecule has 10 heteroatoms. The summed E-state index contributed by atoms with van der Waals surface area (Å²) in [4.78, 5) is 32.5. The summed E-state index contributed by atoms with van der Waals surface area (Å²) >= 11 is 0. The number of likely N-dealkylation sites (tertiary alicyclic amines) is 1. The lowest BCUT2D eigenvalue weighted by atomic mass is 10.2. The molecule has 1 aliphatic heterocycles. The monoisotopic (exact) mass is 444 g/mol. The van der Waals surface area contributed by atoms with Crippen LogP contribution in [0.2, 0.25) is 0 Å². The fraction of sp³-hybridized carbons (Fsp3) is 0.409. The summed E-state index contributed by atoms with van der Waals surface area (Å²) in [5, 5.41) is 2.85. The third kappa shape index (κ3) is 4.96. The molecular weight excluding hydrogens is 416 g/mol. The van der Waals surface area contributed by atoms with E-state index in [0.29, 0.717) is 48.0 Å². The van der Waals surface area contributed by atoms with Gasteiger partial charge in [-0.2, -0.15) is 0 Å². The molecule has 172 valence electrons. The Balaban J connectivity index is 1.67. The highest BCUT2D eigenvalue weighted by Gasteiger charge is 2.29. The molecular formula is C22H28N4O6. The van der Waals surface area contributed by atoms with E-state index in [1.165, 1.54) is 26.2 Å². The largest absolute Gasteiger partial charge is 0.493 e. The van der Waals surface area contributed by atoms with Gasteiger partial charge in [0.2, 0.25) is 11.6 Å². The van der Waals surface area contributed by atoms with Gasteiger partial charge in [-0.15, -0.1) is 0 Å². The number of benzene rings is 1. The molecule has 0 spiro atoms. The second-order valence-electron chi connectivity index (χ2n) is 7.37. The number of methoxy groups -OCH3 is 3. The Kier molecular flexibility index (Phi) is 7.24. The van der Waals surface area contributed by atoms with E-state index < -0.39 is 0 Å². The van der Waals surface area contributed by atoms with Gasteiger partial charge in [-0.25, -0.2) is 9.78 Å². The van der Waals surface area contributed by atoms with Crippen LogP contribution in [-0.4, -0.2) is 81.3 Å². The van der Waals surface area contributed by atoms with Gasteiger partial charge in [0.25, 0.3) is 5.91 Å². The Labute approximate surface area is 187 Å². The Morgan fingerprint density at radius 1 is 1.12 bits per heavy atom. The summed E-state index contributed by atoms with van der Waals surface area (Å²) in [6, 6.07) is 6.41. The molecule has 0 bridgehead atoms. The highest BCUT2D eigenvalue weighted by Crippen LogP contribution is 2.40. The Morgan fingerprint density at radius 2 is 1.81 bits per heavy atom. The van der Waals surface area contributed by atoms with Crippen LogP contribution in [-0.2, 0) is 0 Å². The van der Waals surface area contributed by atoms with E-state index in [2.05, 4.69) is 10.3 Å². The molecule has 1 N–H and O–H groups in total. The van der Waals surface area contributed by atoms with E-state index in [9.17, 15) is 9.59 Å². The van der Waals surface area contributed by atoms with Crippen molar-refractivity contribution in [3.05, 3.63) is 36.0 Å². The molecule has 1 aromatic heterocycles. The highest BCUT2D eigenvalue weighted by molar-refractivity contribution is 5.96. The maximum atomic E-state index is 12.8. The number of amides is 3. The van der Waals surface area contributed by atoms with Crippen LogP contribution in [0, 0.1) is 0 Å². The number of pyridine rings is 1. The maximum Gasteiger partial charge on any atom is 0.321 e. The second-order valence-corrected chi connectivity index (χ2v) is 7.37. The van der Waals surface area contributed by atoms with Crippen molar-refractivity contribution in [2.24, 2.45) is 0 Å². The fourth-order valence-electron chi connectivity index (χ4n) is 3.41. The Morgan fingerprint density at radius 3 is 2.41 bits per heavy atom. The van der Waals surface area contributed by atoms with E-state index in [-0.39, 0.29) is 23.9 Å². The third-order valence-electron chi connectivity index (χ3n) is 5.03. The molecule has 32 heavy (non-hydrogen) atoms. The number of nitrogens with one attached hydrogen (secondary N) is 1. The summed E-state index contributed by atoms with van der Waals surface area (Å²) in [6.07, 6.45) is 1.92. The van der Waals surface area contributed by atoms with Gasteiger partial charge >= 0.3 is 6.03 Å². The summed E-state index contributed by atoms with van der Waals surface area (Å²) < 4.78 is 21.9. The van der Waals surface area contributed by atoms with Gasteiger partial charge in [0.05, 0.1) is 33.6 Å². The molecule has 2 heterocycles. The van der Waals surface area contributed by atoms with E-state index in [4.69, 9.17) is 18.9 Å². The van der Waals surface area contributed by atoms with Crippen LogP contribution in [0.4, 0.5) is 10.5 Å². The molecule has 0 saturated carbocycles. The smallest absolute Gasteiger partial charge is 0.321 e. The molecule has 0 radical (unpaired) electrons. The molecule has 1 unspecified atom stereocenters. The Hall–Kier alpha value is -3.69. The number of ether oxygens (including phenoxy) is 4. The van der Waals surface area contributed by atoms with Crippen molar-refractivity contribution in [3.63, 3.8) is 0 Å². The van der Waals surface area contributed by atoms with Crippen molar-refractivity contribution in [2.45, 2.75) is 12.5 Å². The average molecular weight is 444 g/mol. The van der Waals surface area contributed by atoms with Gasteiger partial charge < -0.3 is 34.1 Å². The van der Waals surface area contributed by atoms with Gasteiger partial charge in [0.1, 0.15) is 11.7 Å². The zero-order chi connectivity index (χ0) is 23.3. The predicted molar refractivity (Wildman–Crippen MR) is 118 cm³/mol. The van der Waals surface area contributed by atoms with E-state index in [1.54, 1.807) is 49.5 Å². The molecule has 1 saturated heterocycles. The molecule has 1 aromatic carbocycles. The standard InChI is InChI=1S/C22H28N4O6/c1-25(2)21(27)16-7-6-9-23-20(16)32-15-8-10-26(13-15)22(28)24-14-11-17(29-3)19(31-5)18(12-14)30-4/h6-7,9,11-12,15H,8,10,13H2,1-5H3,(H,24,28). The first-order chi connectivity index (χ1) is 15.4. The summed E-state index contributed by atoms with van der Waals surface area (Å²) in [5.41, 5.74) is 0.898. The Bertz CT molecular complexity index is 956. The van der Waals surface area contributed by atoms with Crippen molar-refractivity contribution in [2.75, 3.05) is 53.8 Å². The van der Waals surface area contributed by atoms with Crippen molar-refractivity contribution >= 4 is 17.6 Å². The van der Waals surface area contributed by atoms with Crippen molar-refractivity contribution in [1.82, 2.24) is 14.8 Å². The number of carbonyl (C=O) groups is 2. The number of carbonyl (C=O) groups excluding carboxylic acids is 2. The number of aromatic nitrogens is 1. The minimum Gasteiger partial charge on any atom is -0.493 e. The molecule has 10 nitrogen and oxygen atoms in total. The second kappa shape index (κ2) is 10.1. The number of hydrogen-bond acceptors (Lipinski definition) is 7. The van der Waals surface area contributed by atoms with E-state index in [1.807, 2.05) is 0 Å². The van der Waals surface area contributed by atoms with Gasteiger partial charge in [0, 0.05) is 45.4 Å². The van der Waals surface area contributed by atoms with Gasteiger partial charge in [-0.1, -0.05) is 0 Å². The van der Waals surface area contributed by atoms with Gasteiger partial charge in [-0.05, 0) is 12.1 Å². The molecule has 1 aliphatic rings. The number of rotatable bonds is 7. The first-order valence-electron chi connectivity index (χ1n) is 10.1. The van der Waals surface area contributed by atoms with Crippen LogP contribution in [0.25, 0.3) is 0 Å². The first-order valence-corrected chi connectivity index (χ1v) is 10.1. The third-order valence-corrected chi connectivity index (χ3v) is 5.03. The van der Waals surface area contributed by atoms with Crippen molar-refractivity contribution in [1.29, 1.82) is 0 Å². The van der Waals surface area contributed by atoms with Crippen molar-refractivity contribution < 1.29 is 28.5 Å². The zero-order valence-electron chi connectivity index (χ0n) is 18.9. The van der Waals surface area contributed by atoms with Gasteiger partial charge in [-0.3, -0.25) is 4.79 Å². The molecule has 2 aromatic rings. The molecule has 3 amide bonds. The molecule has 3 rings (SSSR count). The molecule has 1 atom stereocenters. The normalized spacial score (nSPS) is 15.2. The lowest BCUT2D eigenvalue weighted by Gasteiger charge is -2.20. The van der Waals surface area contributed by atoms with Crippen LogP contribution in [0.5, 0.6) is 23.1 Å². The first kappa shape index (κ1) is 23.0. The zero-order valence-corrected chi connectivity index (χ0v) is 18.9. The molecule has 0 aliphatic carbocycles. The summed E-state index contributed by atoms with van der Waals surface area (Å²) in [7, 11) is 7.88. The van der Waals surface area contributed by atoms with Crippen LogP contribution in [0.3, 0.4) is 0 Å². The lowest BCUT2D eigenvalue weighted by molar-refractivity contribution is 0.0818. The van der Waals surface area contributed by atoms with E-state index >= 15 is 0 Å². The maximum absolute atomic E-state index is 12.8. The SMILES string of the molecule is COc1cc(NC(=O)N2CCC(Oc3ncccc3C(=O)N(C)C)C2)cc(OC)c1OC. The quantitative estimate of drug-likeness (QED) is 0.700. The van der Waals surface area contributed by atoms with Crippen LogP contribution >= 0.6 is 0 Å². The number of hydrogen-bond donors (Lipinski definition) is 1. The lowest BCUT2D eigenvalue weighted by Crippen LogP contribution is -2.34. The van der Waals surface area contributed by atoms with Crippen molar-refractivity contribution in [3.8, 4) is 23.1 Å². The minimum atomic E-state index is -0.281.